The van der Waals surface area contributed by atoms with Crippen LogP contribution in [0.3, 0.4) is 0 Å². The molecule has 32 heavy (non-hydrogen) atoms. The SMILES string of the molecule is CCOC(=O)c1ccc(N=C2SC(=Cc3cc(OC)c(OC)c(OC)c3)C(=O)N2C)cc1. The molecule has 0 atom stereocenters. The number of amidine groups is 1. The molecule has 0 radical (unpaired) electrons. The van der Waals surface area contributed by atoms with Crippen molar-refractivity contribution in [3.05, 3.63) is 52.4 Å². The maximum Gasteiger partial charge on any atom is 0.338 e. The number of hydrogen-bond acceptors (Lipinski definition) is 8. The van der Waals surface area contributed by atoms with Gasteiger partial charge < -0.3 is 18.9 Å². The highest BCUT2D eigenvalue weighted by Gasteiger charge is 2.30. The summed E-state index contributed by atoms with van der Waals surface area (Å²) in [7, 11) is 6.27. The van der Waals surface area contributed by atoms with E-state index >= 15 is 0 Å². The fourth-order valence-electron chi connectivity index (χ4n) is 2.98. The number of esters is 1. The van der Waals surface area contributed by atoms with Crippen LogP contribution in [-0.2, 0) is 9.53 Å². The van der Waals surface area contributed by atoms with Crippen LogP contribution in [0, 0.1) is 0 Å². The topological polar surface area (TPSA) is 86.7 Å². The summed E-state index contributed by atoms with van der Waals surface area (Å²) in [6, 6.07) is 10.2. The Kier molecular flexibility index (Phi) is 7.42. The normalized spacial score (nSPS) is 15.9. The third-order valence-corrected chi connectivity index (χ3v) is 5.65. The Balaban J connectivity index is 1.87. The van der Waals surface area contributed by atoms with Crippen LogP contribution in [0.25, 0.3) is 6.08 Å². The quantitative estimate of drug-likeness (QED) is 0.457. The molecule has 1 aliphatic heterocycles. The summed E-state index contributed by atoms with van der Waals surface area (Å²) in [5.41, 5.74) is 1.79. The molecular formula is C23H24N2O6S. The van der Waals surface area contributed by atoms with Crippen molar-refractivity contribution in [2.75, 3.05) is 35.0 Å². The lowest BCUT2D eigenvalue weighted by Gasteiger charge is -2.13. The van der Waals surface area contributed by atoms with Crippen LogP contribution in [-0.4, -0.2) is 56.9 Å². The lowest BCUT2D eigenvalue weighted by atomic mass is 10.1. The number of likely N-dealkylation sites (N-methyl/N-ethyl adjacent to an activating group) is 1. The lowest BCUT2D eigenvalue weighted by molar-refractivity contribution is -0.121. The number of carbonyl (C=O) groups is 2. The van der Waals surface area contributed by atoms with Crippen LogP contribution < -0.4 is 14.2 Å². The van der Waals surface area contributed by atoms with E-state index in [0.717, 1.165) is 5.56 Å². The molecule has 0 aromatic heterocycles. The van der Waals surface area contributed by atoms with Crippen LogP contribution in [0.5, 0.6) is 17.2 Å². The van der Waals surface area contributed by atoms with Crippen LogP contribution in [0.2, 0.25) is 0 Å². The van der Waals surface area contributed by atoms with E-state index in [2.05, 4.69) is 4.99 Å². The molecule has 1 saturated heterocycles. The molecule has 2 aromatic carbocycles. The smallest absolute Gasteiger partial charge is 0.338 e. The molecule has 1 aliphatic rings. The first-order valence-corrected chi connectivity index (χ1v) is 10.6. The van der Waals surface area contributed by atoms with Gasteiger partial charge in [-0.05, 0) is 66.7 Å². The maximum atomic E-state index is 12.8. The van der Waals surface area contributed by atoms with E-state index < -0.39 is 0 Å². The van der Waals surface area contributed by atoms with Crippen molar-refractivity contribution in [3.8, 4) is 17.2 Å². The first kappa shape index (κ1) is 23.2. The molecular weight excluding hydrogens is 432 g/mol. The van der Waals surface area contributed by atoms with Crippen LogP contribution >= 0.6 is 11.8 Å². The molecule has 0 bridgehead atoms. The average Bonchev–Trinajstić information content (AvgIpc) is 3.06. The monoisotopic (exact) mass is 456 g/mol. The standard InChI is InChI=1S/C23H24N2O6S/c1-6-31-22(27)15-7-9-16(10-8-15)24-23-25(2)21(26)19(32-23)13-14-11-17(28-3)20(30-5)18(12-14)29-4/h7-13H,6H2,1-5H3. The largest absolute Gasteiger partial charge is 0.493 e. The molecule has 1 amide bonds. The highest BCUT2D eigenvalue weighted by atomic mass is 32.2. The molecule has 0 unspecified atom stereocenters. The van der Waals surface area contributed by atoms with Gasteiger partial charge in [0.15, 0.2) is 16.7 Å². The van der Waals surface area contributed by atoms with E-state index in [1.54, 1.807) is 56.4 Å². The number of hydrogen-bond donors (Lipinski definition) is 0. The van der Waals surface area contributed by atoms with Crippen molar-refractivity contribution >= 4 is 40.6 Å². The summed E-state index contributed by atoms with van der Waals surface area (Å²) in [6.07, 6.45) is 1.75. The number of methoxy groups -OCH3 is 3. The van der Waals surface area contributed by atoms with Gasteiger partial charge in [-0.2, -0.15) is 0 Å². The van der Waals surface area contributed by atoms with Gasteiger partial charge in [0, 0.05) is 7.05 Å². The second-order valence-corrected chi connectivity index (χ2v) is 7.60. The van der Waals surface area contributed by atoms with E-state index in [0.29, 0.717) is 45.2 Å². The Morgan fingerprint density at radius 3 is 2.22 bits per heavy atom. The van der Waals surface area contributed by atoms with Crippen molar-refractivity contribution in [1.82, 2.24) is 4.90 Å². The summed E-state index contributed by atoms with van der Waals surface area (Å²) in [4.78, 5) is 31.1. The van der Waals surface area contributed by atoms with Crippen molar-refractivity contribution < 1.29 is 28.5 Å². The molecule has 8 nitrogen and oxygen atoms in total. The highest BCUT2D eigenvalue weighted by molar-refractivity contribution is 8.18. The van der Waals surface area contributed by atoms with Gasteiger partial charge in [-0.25, -0.2) is 9.79 Å². The maximum absolute atomic E-state index is 12.8. The fourth-order valence-corrected chi connectivity index (χ4v) is 3.97. The van der Waals surface area contributed by atoms with Gasteiger partial charge in [0.25, 0.3) is 5.91 Å². The molecule has 2 aromatic rings. The third kappa shape index (κ3) is 4.88. The molecule has 3 rings (SSSR count). The van der Waals surface area contributed by atoms with E-state index in [1.165, 1.54) is 38.0 Å². The zero-order chi connectivity index (χ0) is 23.3. The Hall–Kier alpha value is -3.46. The molecule has 0 N–H and O–H groups in total. The van der Waals surface area contributed by atoms with Crippen molar-refractivity contribution in [1.29, 1.82) is 0 Å². The van der Waals surface area contributed by atoms with Crippen LogP contribution in [0.1, 0.15) is 22.8 Å². The van der Waals surface area contributed by atoms with E-state index in [-0.39, 0.29) is 11.9 Å². The number of benzene rings is 2. The zero-order valence-corrected chi connectivity index (χ0v) is 19.3. The number of carbonyl (C=O) groups excluding carboxylic acids is 2. The summed E-state index contributed by atoms with van der Waals surface area (Å²) < 4.78 is 21.1. The number of thioether (sulfide) groups is 1. The summed E-state index contributed by atoms with van der Waals surface area (Å²) in [6.45, 7) is 2.07. The second kappa shape index (κ2) is 10.2. The van der Waals surface area contributed by atoms with Crippen LogP contribution in [0.4, 0.5) is 5.69 Å². The van der Waals surface area contributed by atoms with Crippen LogP contribution in [0.15, 0.2) is 46.3 Å². The van der Waals surface area contributed by atoms with Gasteiger partial charge in [-0.3, -0.25) is 9.69 Å². The third-order valence-electron chi connectivity index (χ3n) is 4.59. The molecule has 1 fully saturated rings. The van der Waals surface area contributed by atoms with Crippen molar-refractivity contribution in [2.45, 2.75) is 6.92 Å². The zero-order valence-electron chi connectivity index (χ0n) is 18.5. The number of rotatable bonds is 7. The minimum atomic E-state index is -0.384. The Morgan fingerprint density at radius 1 is 1.06 bits per heavy atom. The van der Waals surface area contributed by atoms with Crippen molar-refractivity contribution in [2.24, 2.45) is 4.99 Å². The molecule has 168 valence electrons. The number of aliphatic imine (C=N–C) groups is 1. The van der Waals surface area contributed by atoms with E-state index in [1.807, 2.05) is 0 Å². The Morgan fingerprint density at radius 2 is 1.69 bits per heavy atom. The fraction of sp³-hybridized carbons (Fsp3) is 0.261. The highest BCUT2D eigenvalue weighted by Crippen LogP contribution is 2.40. The van der Waals surface area contributed by atoms with Gasteiger partial charge in [0.2, 0.25) is 5.75 Å². The number of ether oxygens (including phenoxy) is 4. The van der Waals surface area contributed by atoms with Gasteiger partial charge in [0.1, 0.15) is 0 Å². The Bertz CT molecular complexity index is 1050. The Labute approximate surface area is 190 Å². The van der Waals surface area contributed by atoms with Crippen molar-refractivity contribution in [3.63, 3.8) is 0 Å². The molecule has 0 aliphatic carbocycles. The minimum absolute atomic E-state index is 0.175. The molecule has 0 spiro atoms. The van der Waals surface area contributed by atoms with Gasteiger partial charge in [0.05, 0.1) is 44.1 Å². The van der Waals surface area contributed by atoms with E-state index in [4.69, 9.17) is 18.9 Å². The average molecular weight is 457 g/mol. The van der Waals surface area contributed by atoms with Gasteiger partial charge in [-0.1, -0.05) is 0 Å². The summed E-state index contributed by atoms with van der Waals surface area (Å²) >= 11 is 1.26. The lowest BCUT2D eigenvalue weighted by Crippen LogP contribution is -2.23. The predicted octanol–water partition coefficient (Wildman–Crippen LogP) is 4.12. The summed E-state index contributed by atoms with van der Waals surface area (Å²) in [5.74, 6) is 0.916. The van der Waals surface area contributed by atoms with Gasteiger partial charge in [-0.15, -0.1) is 0 Å². The van der Waals surface area contributed by atoms with Gasteiger partial charge >= 0.3 is 5.97 Å². The second-order valence-electron chi connectivity index (χ2n) is 6.60. The molecule has 0 saturated carbocycles. The molecule has 9 heteroatoms. The molecule has 1 heterocycles. The van der Waals surface area contributed by atoms with E-state index in [9.17, 15) is 9.59 Å². The summed E-state index contributed by atoms with van der Waals surface area (Å²) in [5, 5.41) is 0.526. The first-order chi connectivity index (χ1) is 15.4. The first-order valence-electron chi connectivity index (χ1n) is 9.75. The minimum Gasteiger partial charge on any atom is -0.493 e. The number of amides is 1. The predicted molar refractivity (Wildman–Crippen MR) is 124 cm³/mol. The number of nitrogens with zero attached hydrogens (tertiary/aromatic N) is 2.